The van der Waals surface area contributed by atoms with Crippen LogP contribution in [0.25, 0.3) is 0 Å². The smallest absolute Gasteiger partial charge is 0.0244 e. The minimum absolute atomic E-state index is 0.590. The SMILES string of the molecule is NCC(CC1CCC1)N1Cc2ccccc2C1. The van der Waals surface area contributed by atoms with E-state index in [0.717, 1.165) is 25.6 Å². The van der Waals surface area contributed by atoms with Crippen molar-refractivity contribution in [2.45, 2.75) is 44.8 Å². The van der Waals surface area contributed by atoms with Gasteiger partial charge in [-0.1, -0.05) is 43.5 Å². The second-order valence-electron chi connectivity index (χ2n) is 5.60. The molecule has 17 heavy (non-hydrogen) atoms. The van der Waals surface area contributed by atoms with Gasteiger partial charge < -0.3 is 5.73 Å². The first-order chi connectivity index (χ1) is 8.36. The lowest BCUT2D eigenvalue weighted by atomic mass is 9.80. The van der Waals surface area contributed by atoms with Crippen molar-refractivity contribution in [2.75, 3.05) is 6.54 Å². The van der Waals surface area contributed by atoms with Crippen LogP contribution in [0.1, 0.15) is 36.8 Å². The molecule has 2 heteroatoms. The number of fused-ring (bicyclic) bond motifs is 1. The van der Waals surface area contributed by atoms with Crippen molar-refractivity contribution in [3.8, 4) is 0 Å². The number of benzene rings is 1. The fourth-order valence-corrected chi connectivity index (χ4v) is 3.13. The molecule has 1 saturated carbocycles. The van der Waals surface area contributed by atoms with E-state index >= 15 is 0 Å². The van der Waals surface area contributed by atoms with Crippen LogP contribution in [0.3, 0.4) is 0 Å². The first kappa shape index (κ1) is 11.2. The van der Waals surface area contributed by atoms with E-state index in [0.29, 0.717) is 6.04 Å². The Hall–Kier alpha value is -0.860. The van der Waals surface area contributed by atoms with E-state index in [1.165, 1.54) is 36.8 Å². The van der Waals surface area contributed by atoms with Crippen molar-refractivity contribution in [2.24, 2.45) is 11.7 Å². The zero-order chi connectivity index (χ0) is 11.7. The Morgan fingerprint density at radius 3 is 2.29 bits per heavy atom. The van der Waals surface area contributed by atoms with Crippen LogP contribution in [0.2, 0.25) is 0 Å². The van der Waals surface area contributed by atoms with Crippen LogP contribution in [-0.4, -0.2) is 17.5 Å². The Labute approximate surface area is 104 Å². The van der Waals surface area contributed by atoms with Gasteiger partial charge in [0.2, 0.25) is 0 Å². The highest BCUT2D eigenvalue weighted by Crippen LogP contribution is 2.33. The summed E-state index contributed by atoms with van der Waals surface area (Å²) in [5, 5.41) is 0. The molecule has 0 radical (unpaired) electrons. The minimum atomic E-state index is 0.590. The zero-order valence-electron chi connectivity index (χ0n) is 10.4. The van der Waals surface area contributed by atoms with Crippen molar-refractivity contribution in [1.82, 2.24) is 4.90 Å². The molecular weight excluding hydrogens is 208 g/mol. The second-order valence-corrected chi connectivity index (χ2v) is 5.60. The molecule has 1 aliphatic carbocycles. The monoisotopic (exact) mass is 230 g/mol. The first-order valence-electron chi connectivity index (χ1n) is 6.87. The Bertz CT molecular complexity index is 359. The van der Waals surface area contributed by atoms with Gasteiger partial charge >= 0.3 is 0 Å². The van der Waals surface area contributed by atoms with E-state index in [1.54, 1.807) is 0 Å². The number of hydrogen-bond donors (Lipinski definition) is 1. The normalized spacial score (nSPS) is 22.2. The fraction of sp³-hybridized carbons (Fsp3) is 0.600. The van der Waals surface area contributed by atoms with E-state index in [4.69, 9.17) is 5.73 Å². The molecule has 2 nitrogen and oxygen atoms in total. The van der Waals surface area contributed by atoms with Gasteiger partial charge in [-0.05, 0) is 23.5 Å². The first-order valence-corrected chi connectivity index (χ1v) is 6.87. The number of nitrogens with zero attached hydrogens (tertiary/aromatic N) is 1. The van der Waals surface area contributed by atoms with Gasteiger partial charge in [0.15, 0.2) is 0 Å². The van der Waals surface area contributed by atoms with E-state index in [-0.39, 0.29) is 0 Å². The summed E-state index contributed by atoms with van der Waals surface area (Å²) in [6, 6.07) is 9.39. The van der Waals surface area contributed by atoms with E-state index in [1.807, 2.05) is 0 Å². The van der Waals surface area contributed by atoms with Crippen LogP contribution in [0, 0.1) is 5.92 Å². The lowest BCUT2D eigenvalue weighted by Gasteiger charge is -2.33. The molecule has 1 unspecified atom stereocenters. The summed E-state index contributed by atoms with van der Waals surface area (Å²) in [5.74, 6) is 0.951. The van der Waals surface area contributed by atoms with Gasteiger partial charge in [0.05, 0.1) is 0 Å². The average Bonchev–Trinajstić information content (AvgIpc) is 2.71. The summed E-state index contributed by atoms with van der Waals surface area (Å²) in [5.41, 5.74) is 8.97. The van der Waals surface area contributed by atoms with Crippen molar-refractivity contribution in [3.63, 3.8) is 0 Å². The van der Waals surface area contributed by atoms with Gasteiger partial charge in [0, 0.05) is 25.7 Å². The summed E-state index contributed by atoms with van der Waals surface area (Å²) in [7, 11) is 0. The molecule has 1 aromatic rings. The summed E-state index contributed by atoms with van der Waals surface area (Å²) in [6.45, 7) is 3.01. The molecule has 0 spiro atoms. The lowest BCUT2D eigenvalue weighted by molar-refractivity contribution is 0.147. The molecular formula is C15H22N2. The zero-order valence-corrected chi connectivity index (χ0v) is 10.4. The molecule has 3 rings (SSSR count). The quantitative estimate of drug-likeness (QED) is 0.861. The molecule has 1 aliphatic heterocycles. The molecule has 92 valence electrons. The summed E-state index contributed by atoms with van der Waals surface area (Å²) >= 11 is 0. The highest BCUT2D eigenvalue weighted by Gasteiger charge is 2.28. The maximum atomic E-state index is 5.97. The number of hydrogen-bond acceptors (Lipinski definition) is 2. The Morgan fingerprint density at radius 2 is 1.82 bits per heavy atom. The van der Waals surface area contributed by atoms with Crippen LogP contribution in [0.15, 0.2) is 24.3 Å². The second kappa shape index (κ2) is 4.79. The lowest BCUT2D eigenvalue weighted by Crippen LogP contribution is -2.39. The molecule has 2 aliphatic rings. The molecule has 1 heterocycles. The van der Waals surface area contributed by atoms with Crippen LogP contribution in [0.5, 0.6) is 0 Å². The molecule has 1 atom stereocenters. The summed E-state index contributed by atoms with van der Waals surface area (Å²) < 4.78 is 0. The topological polar surface area (TPSA) is 29.3 Å². The molecule has 0 aromatic heterocycles. The maximum Gasteiger partial charge on any atom is 0.0244 e. The maximum absolute atomic E-state index is 5.97. The van der Waals surface area contributed by atoms with Crippen molar-refractivity contribution in [3.05, 3.63) is 35.4 Å². The third kappa shape index (κ3) is 2.24. The van der Waals surface area contributed by atoms with Crippen LogP contribution < -0.4 is 5.73 Å². The van der Waals surface area contributed by atoms with Gasteiger partial charge in [-0.15, -0.1) is 0 Å². The highest BCUT2D eigenvalue weighted by molar-refractivity contribution is 5.30. The summed E-state index contributed by atoms with van der Waals surface area (Å²) in [6.07, 6.45) is 5.60. The molecule has 1 fully saturated rings. The van der Waals surface area contributed by atoms with E-state index in [9.17, 15) is 0 Å². The van der Waals surface area contributed by atoms with Crippen molar-refractivity contribution in [1.29, 1.82) is 0 Å². The molecule has 0 amide bonds. The predicted molar refractivity (Wildman–Crippen MR) is 70.5 cm³/mol. The fourth-order valence-electron chi connectivity index (χ4n) is 3.13. The molecule has 2 N–H and O–H groups in total. The predicted octanol–water partition coefficient (Wildman–Crippen LogP) is 2.52. The highest BCUT2D eigenvalue weighted by atomic mass is 15.2. The van der Waals surface area contributed by atoms with Crippen molar-refractivity contribution < 1.29 is 0 Å². The van der Waals surface area contributed by atoms with E-state index in [2.05, 4.69) is 29.2 Å². The average molecular weight is 230 g/mol. The van der Waals surface area contributed by atoms with Gasteiger partial charge in [-0.2, -0.15) is 0 Å². The molecule has 1 aromatic carbocycles. The number of rotatable bonds is 4. The van der Waals surface area contributed by atoms with Gasteiger partial charge in [-0.25, -0.2) is 0 Å². The number of nitrogens with two attached hydrogens (primary N) is 1. The van der Waals surface area contributed by atoms with Crippen molar-refractivity contribution >= 4 is 0 Å². The Morgan fingerprint density at radius 1 is 1.18 bits per heavy atom. The minimum Gasteiger partial charge on any atom is -0.329 e. The molecule has 0 bridgehead atoms. The van der Waals surface area contributed by atoms with Crippen LogP contribution in [-0.2, 0) is 13.1 Å². The largest absolute Gasteiger partial charge is 0.329 e. The van der Waals surface area contributed by atoms with Gasteiger partial charge in [0.1, 0.15) is 0 Å². The van der Waals surface area contributed by atoms with E-state index < -0.39 is 0 Å². The van der Waals surface area contributed by atoms with Gasteiger partial charge in [-0.3, -0.25) is 4.90 Å². The van der Waals surface area contributed by atoms with Gasteiger partial charge in [0.25, 0.3) is 0 Å². The standard InChI is InChI=1S/C15H22N2/c16-9-15(8-12-4-3-5-12)17-10-13-6-1-2-7-14(13)11-17/h1-2,6-7,12,15H,3-5,8-11,16H2. The molecule has 0 saturated heterocycles. The summed E-state index contributed by atoms with van der Waals surface area (Å²) in [4.78, 5) is 2.57. The Balaban J connectivity index is 1.65. The third-order valence-electron chi connectivity index (χ3n) is 4.48. The van der Waals surface area contributed by atoms with Crippen LogP contribution in [0.4, 0.5) is 0 Å². The Kier molecular flexibility index (Phi) is 3.17. The third-order valence-corrected chi connectivity index (χ3v) is 4.48. The van der Waals surface area contributed by atoms with Crippen LogP contribution >= 0.6 is 0 Å².